The quantitative estimate of drug-likeness (QED) is 0.749. The van der Waals surface area contributed by atoms with E-state index in [9.17, 15) is 0 Å². The fourth-order valence-corrected chi connectivity index (χ4v) is 2.15. The average molecular weight is 190 g/mol. The third-order valence-corrected chi connectivity index (χ3v) is 3.18. The first-order valence-electron chi connectivity index (χ1n) is 5.27. The zero-order valence-corrected chi connectivity index (χ0v) is 8.88. The van der Waals surface area contributed by atoms with E-state index < -0.39 is 0 Å². The summed E-state index contributed by atoms with van der Waals surface area (Å²) in [6, 6.07) is 6.61. The summed E-state index contributed by atoms with van der Waals surface area (Å²) < 4.78 is 0. The van der Waals surface area contributed by atoms with Crippen molar-refractivity contribution in [3.05, 3.63) is 29.3 Å². The van der Waals surface area contributed by atoms with Crippen molar-refractivity contribution in [1.29, 1.82) is 0 Å². The van der Waals surface area contributed by atoms with Crippen molar-refractivity contribution in [2.75, 3.05) is 18.4 Å². The second-order valence-electron chi connectivity index (χ2n) is 4.29. The SMILES string of the molecule is Cc1ccc2c(c1)C(C(C)CN)CN2. The second-order valence-corrected chi connectivity index (χ2v) is 4.29. The van der Waals surface area contributed by atoms with Crippen LogP contribution >= 0.6 is 0 Å². The Morgan fingerprint density at radius 2 is 2.36 bits per heavy atom. The van der Waals surface area contributed by atoms with Crippen LogP contribution in [0.15, 0.2) is 18.2 Å². The van der Waals surface area contributed by atoms with E-state index in [2.05, 4.69) is 37.4 Å². The van der Waals surface area contributed by atoms with E-state index in [-0.39, 0.29) is 0 Å². The van der Waals surface area contributed by atoms with E-state index >= 15 is 0 Å². The van der Waals surface area contributed by atoms with Crippen LogP contribution in [0, 0.1) is 12.8 Å². The molecule has 1 aromatic carbocycles. The topological polar surface area (TPSA) is 38.0 Å². The molecule has 0 spiro atoms. The largest absolute Gasteiger partial charge is 0.384 e. The van der Waals surface area contributed by atoms with Gasteiger partial charge in [-0.3, -0.25) is 0 Å². The molecule has 0 fully saturated rings. The summed E-state index contributed by atoms with van der Waals surface area (Å²) in [6.45, 7) is 6.17. The summed E-state index contributed by atoms with van der Waals surface area (Å²) in [5, 5.41) is 3.44. The third-order valence-electron chi connectivity index (χ3n) is 3.18. The molecule has 0 aromatic heterocycles. The van der Waals surface area contributed by atoms with E-state index in [1.54, 1.807) is 0 Å². The van der Waals surface area contributed by atoms with Crippen molar-refractivity contribution in [1.82, 2.24) is 0 Å². The molecule has 1 aliphatic heterocycles. The fraction of sp³-hybridized carbons (Fsp3) is 0.500. The van der Waals surface area contributed by atoms with Crippen LogP contribution in [0.5, 0.6) is 0 Å². The maximum Gasteiger partial charge on any atom is 0.0376 e. The van der Waals surface area contributed by atoms with Gasteiger partial charge in [-0.1, -0.05) is 24.6 Å². The number of fused-ring (bicyclic) bond motifs is 1. The van der Waals surface area contributed by atoms with Crippen LogP contribution in [0.4, 0.5) is 5.69 Å². The number of aryl methyl sites for hydroxylation is 1. The van der Waals surface area contributed by atoms with Crippen LogP contribution < -0.4 is 11.1 Å². The van der Waals surface area contributed by atoms with Crippen LogP contribution in [-0.2, 0) is 0 Å². The zero-order chi connectivity index (χ0) is 10.1. The minimum Gasteiger partial charge on any atom is -0.384 e. The average Bonchev–Trinajstić information content (AvgIpc) is 2.59. The smallest absolute Gasteiger partial charge is 0.0376 e. The van der Waals surface area contributed by atoms with Crippen LogP contribution in [0.25, 0.3) is 0 Å². The Morgan fingerprint density at radius 1 is 1.57 bits per heavy atom. The van der Waals surface area contributed by atoms with Gasteiger partial charge in [0.25, 0.3) is 0 Å². The molecule has 2 rings (SSSR count). The maximum atomic E-state index is 5.72. The van der Waals surface area contributed by atoms with Gasteiger partial charge in [-0.25, -0.2) is 0 Å². The molecule has 0 saturated carbocycles. The molecule has 0 aliphatic carbocycles. The summed E-state index contributed by atoms with van der Waals surface area (Å²) in [4.78, 5) is 0. The monoisotopic (exact) mass is 190 g/mol. The molecule has 1 aromatic rings. The standard InChI is InChI=1S/C12H18N2/c1-8-3-4-12-10(5-8)11(7-14-12)9(2)6-13/h3-5,9,11,14H,6-7,13H2,1-2H3. The molecule has 0 amide bonds. The van der Waals surface area contributed by atoms with Crippen LogP contribution in [0.2, 0.25) is 0 Å². The van der Waals surface area contributed by atoms with Gasteiger partial charge in [0.15, 0.2) is 0 Å². The normalized spacial score (nSPS) is 21.5. The lowest BCUT2D eigenvalue weighted by molar-refractivity contribution is 0.497. The van der Waals surface area contributed by atoms with Gasteiger partial charge in [-0.2, -0.15) is 0 Å². The van der Waals surface area contributed by atoms with Gasteiger partial charge in [-0.05, 0) is 31.0 Å². The van der Waals surface area contributed by atoms with Crippen molar-refractivity contribution >= 4 is 5.69 Å². The number of nitrogens with one attached hydrogen (secondary N) is 1. The van der Waals surface area contributed by atoms with Crippen molar-refractivity contribution in [3.63, 3.8) is 0 Å². The first-order chi connectivity index (χ1) is 6.72. The molecule has 2 nitrogen and oxygen atoms in total. The highest BCUT2D eigenvalue weighted by Crippen LogP contribution is 2.36. The number of anilines is 1. The van der Waals surface area contributed by atoms with Gasteiger partial charge in [0.1, 0.15) is 0 Å². The van der Waals surface area contributed by atoms with Crippen LogP contribution in [0.1, 0.15) is 24.0 Å². The maximum absolute atomic E-state index is 5.72. The molecule has 76 valence electrons. The first kappa shape index (κ1) is 9.53. The highest BCUT2D eigenvalue weighted by molar-refractivity contribution is 5.59. The second kappa shape index (κ2) is 3.62. The molecule has 2 atom stereocenters. The van der Waals surface area contributed by atoms with Gasteiger partial charge in [0.2, 0.25) is 0 Å². The summed E-state index contributed by atoms with van der Waals surface area (Å²) in [5.41, 5.74) is 9.79. The third kappa shape index (κ3) is 1.50. The summed E-state index contributed by atoms with van der Waals surface area (Å²) in [6.07, 6.45) is 0. The predicted octanol–water partition coefficient (Wildman–Crippen LogP) is 2.10. The molecule has 14 heavy (non-hydrogen) atoms. The Morgan fingerprint density at radius 3 is 3.07 bits per heavy atom. The Hall–Kier alpha value is -1.02. The molecule has 0 bridgehead atoms. The Kier molecular flexibility index (Phi) is 2.46. The minimum atomic E-state index is 0.561. The van der Waals surface area contributed by atoms with Gasteiger partial charge >= 0.3 is 0 Å². The lowest BCUT2D eigenvalue weighted by Crippen LogP contribution is -2.20. The summed E-state index contributed by atoms with van der Waals surface area (Å²) in [5.74, 6) is 1.15. The molecular weight excluding hydrogens is 172 g/mol. The number of hydrogen-bond acceptors (Lipinski definition) is 2. The van der Waals surface area contributed by atoms with Gasteiger partial charge < -0.3 is 11.1 Å². The van der Waals surface area contributed by atoms with Gasteiger partial charge in [0.05, 0.1) is 0 Å². The van der Waals surface area contributed by atoms with E-state index in [0.29, 0.717) is 11.8 Å². The van der Waals surface area contributed by atoms with Gasteiger partial charge in [-0.15, -0.1) is 0 Å². The number of hydrogen-bond donors (Lipinski definition) is 2. The Bertz CT molecular complexity index is 333. The highest BCUT2D eigenvalue weighted by atomic mass is 14.9. The first-order valence-corrected chi connectivity index (χ1v) is 5.27. The lowest BCUT2D eigenvalue weighted by Gasteiger charge is -2.17. The highest BCUT2D eigenvalue weighted by Gasteiger charge is 2.25. The fourth-order valence-electron chi connectivity index (χ4n) is 2.15. The minimum absolute atomic E-state index is 0.561. The van der Waals surface area contributed by atoms with Crippen molar-refractivity contribution in [3.8, 4) is 0 Å². The predicted molar refractivity (Wildman–Crippen MR) is 60.6 cm³/mol. The molecule has 3 N–H and O–H groups in total. The van der Waals surface area contributed by atoms with Crippen LogP contribution in [-0.4, -0.2) is 13.1 Å². The van der Waals surface area contributed by atoms with E-state index in [1.165, 1.54) is 16.8 Å². The summed E-state index contributed by atoms with van der Waals surface area (Å²) >= 11 is 0. The van der Waals surface area contributed by atoms with Crippen LogP contribution in [0.3, 0.4) is 0 Å². The van der Waals surface area contributed by atoms with Crippen molar-refractivity contribution in [2.45, 2.75) is 19.8 Å². The number of nitrogens with two attached hydrogens (primary N) is 1. The molecule has 2 unspecified atom stereocenters. The molecular formula is C12H18N2. The molecule has 1 heterocycles. The summed E-state index contributed by atoms with van der Waals surface area (Å²) in [7, 11) is 0. The lowest BCUT2D eigenvalue weighted by atomic mass is 9.88. The Balaban J connectivity index is 2.33. The van der Waals surface area contributed by atoms with Crippen molar-refractivity contribution in [2.24, 2.45) is 11.7 Å². The molecule has 0 radical (unpaired) electrons. The molecule has 1 aliphatic rings. The Labute approximate surface area is 85.5 Å². The number of rotatable bonds is 2. The van der Waals surface area contributed by atoms with E-state index in [1.807, 2.05) is 0 Å². The number of benzene rings is 1. The van der Waals surface area contributed by atoms with E-state index in [0.717, 1.165) is 13.1 Å². The van der Waals surface area contributed by atoms with Gasteiger partial charge in [0, 0.05) is 18.2 Å². The van der Waals surface area contributed by atoms with E-state index in [4.69, 9.17) is 5.73 Å². The molecule has 0 saturated heterocycles. The molecule has 2 heteroatoms. The van der Waals surface area contributed by atoms with Crippen molar-refractivity contribution < 1.29 is 0 Å². The zero-order valence-electron chi connectivity index (χ0n) is 8.88.